The second-order valence-corrected chi connectivity index (χ2v) is 4.18. The normalized spacial score (nSPS) is 32.1. The van der Waals surface area contributed by atoms with E-state index in [1.165, 1.54) is 25.7 Å². The van der Waals surface area contributed by atoms with Crippen LogP contribution in [0.4, 0.5) is 0 Å². The molecule has 1 heteroatoms. The molecule has 0 aromatic rings. The van der Waals surface area contributed by atoms with Crippen molar-refractivity contribution in [2.24, 2.45) is 11.3 Å². The van der Waals surface area contributed by atoms with Crippen LogP contribution in [0.1, 0.15) is 32.6 Å². The van der Waals surface area contributed by atoms with E-state index in [1.54, 1.807) is 0 Å². The highest BCUT2D eigenvalue weighted by molar-refractivity contribution is 4.89. The Morgan fingerprint density at radius 3 is 2.20 bits per heavy atom. The summed E-state index contributed by atoms with van der Waals surface area (Å²) in [6.45, 7) is 4.48. The molecule has 1 saturated carbocycles. The average molecular weight is 140 g/mol. The van der Waals surface area contributed by atoms with E-state index in [9.17, 15) is 0 Å². The predicted molar refractivity (Wildman–Crippen MR) is 40.9 cm³/mol. The lowest BCUT2D eigenvalue weighted by atomic mass is 9.70. The van der Waals surface area contributed by atoms with Crippen molar-refractivity contribution in [1.82, 2.24) is 0 Å². The van der Waals surface area contributed by atoms with Crippen molar-refractivity contribution in [2.75, 3.05) is 13.2 Å². The summed E-state index contributed by atoms with van der Waals surface area (Å²) in [6.07, 6.45) is 5.72. The van der Waals surface area contributed by atoms with Crippen LogP contribution < -0.4 is 0 Å². The van der Waals surface area contributed by atoms with E-state index in [-0.39, 0.29) is 0 Å². The lowest BCUT2D eigenvalue weighted by molar-refractivity contribution is -0.135. The summed E-state index contributed by atoms with van der Waals surface area (Å²) < 4.78 is 5.25. The molecule has 0 bridgehead atoms. The fourth-order valence-corrected chi connectivity index (χ4v) is 2.05. The van der Waals surface area contributed by atoms with Crippen LogP contribution in [-0.4, -0.2) is 13.2 Å². The van der Waals surface area contributed by atoms with E-state index in [2.05, 4.69) is 6.92 Å². The van der Waals surface area contributed by atoms with Crippen LogP contribution in [0, 0.1) is 11.3 Å². The van der Waals surface area contributed by atoms with Gasteiger partial charge in [-0.2, -0.15) is 0 Å². The molecule has 1 nitrogen and oxygen atoms in total. The van der Waals surface area contributed by atoms with Crippen molar-refractivity contribution in [2.45, 2.75) is 32.6 Å². The zero-order valence-electron chi connectivity index (χ0n) is 6.73. The molecule has 0 amide bonds. The average Bonchev–Trinajstić information content (AvgIpc) is 1.86. The molecule has 2 fully saturated rings. The summed E-state index contributed by atoms with van der Waals surface area (Å²) in [7, 11) is 0. The molecule has 0 aromatic carbocycles. The molecule has 2 rings (SSSR count). The van der Waals surface area contributed by atoms with E-state index in [0.717, 1.165) is 19.1 Å². The Morgan fingerprint density at radius 1 is 1.20 bits per heavy atom. The number of ether oxygens (including phenoxy) is 1. The zero-order chi connectivity index (χ0) is 7.03. The molecule has 0 unspecified atom stereocenters. The number of rotatable bonds is 0. The molecule has 1 aliphatic heterocycles. The van der Waals surface area contributed by atoms with Crippen molar-refractivity contribution in [1.29, 1.82) is 0 Å². The van der Waals surface area contributed by atoms with Gasteiger partial charge in [0.1, 0.15) is 0 Å². The van der Waals surface area contributed by atoms with Crippen molar-refractivity contribution >= 4 is 0 Å². The minimum atomic E-state index is 0.659. The second-order valence-electron chi connectivity index (χ2n) is 4.18. The van der Waals surface area contributed by atoms with E-state index >= 15 is 0 Å². The topological polar surface area (TPSA) is 9.23 Å². The Balaban J connectivity index is 1.90. The molecule has 58 valence electrons. The van der Waals surface area contributed by atoms with Crippen LogP contribution in [0.2, 0.25) is 0 Å². The minimum Gasteiger partial charge on any atom is -0.380 e. The first-order valence-electron chi connectivity index (χ1n) is 4.39. The van der Waals surface area contributed by atoms with Crippen molar-refractivity contribution in [3.05, 3.63) is 0 Å². The van der Waals surface area contributed by atoms with Crippen LogP contribution in [0.5, 0.6) is 0 Å². The maximum Gasteiger partial charge on any atom is 0.0544 e. The van der Waals surface area contributed by atoms with Crippen molar-refractivity contribution in [3.8, 4) is 0 Å². The monoisotopic (exact) mass is 140 g/mol. The van der Waals surface area contributed by atoms with Gasteiger partial charge in [-0.05, 0) is 18.8 Å². The van der Waals surface area contributed by atoms with E-state index in [4.69, 9.17) is 4.74 Å². The SMILES string of the molecule is CC1CCC2(CC1)COC2. The van der Waals surface area contributed by atoms with E-state index in [1.807, 2.05) is 0 Å². The van der Waals surface area contributed by atoms with Gasteiger partial charge in [0.25, 0.3) is 0 Å². The Bertz CT molecular complexity index is 117. The van der Waals surface area contributed by atoms with Crippen LogP contribution in [-0.2, 0) is 4.74 Å². The molecule has 1 spiro atoms. The summed E-state index contributed by atoms with van der Waals surface area (Å²) in [5.41, 5.74) is 0.659. The van der Waals surface area contributed by atoms with Crippen LogP contribution >= 0.6 is 0 Å². The van der Waals surface area contributed by atoms with Gasteiger partial charge in [-0.3, -0.25) is 0 Å². The number of hydrogen-bond donors (Lipinski definition) is 0. The van der Waals surface area contributed by atoms with Crippen molar-refractivity contribution in [3.63, 3.8) is 0 Å². The fourth-order valence-electron chi connectivity index (χ4n) is 2.05. The molecule has 0 atom stereocenters. The predicted octanol–water partition coefficient (Wildman–Crippen LogP) is 2.21. The molecular weight excluding hydrogens is 124 g/mol. The standard InChI is InChI=1S/C9H16O/c1-8-2-4-9(5-3-8)6-10-7-9/h8H,2-7H2,1H3. The molecule has 1 saturated heterocycles. The fraction of sp³-hybridized carbons (Fsp3) is 1.00. The second kappa shape index (κ2) is 2.23. The van der Waals surface area contributed by atoms with Gasteiger partial charge in [-0.1, -0.05) is 19.8 Å². The van der Waals surface area contributed by atoms with Gasteiger partial charge >= 0.3 is 0 Å². The van der Waals surface area contributed by atoms with Gasteiger partial charge in [0.2, 0.25) is 0 Å². The lowest BCUT2D eigenvalue weighted by Crippen LogP contribution is -2.44. The molecule has 0 radical (unpaired) electrons. The van der Waals surface area contributed by atoms with Gasteiger partial charge in [0.05, 0.1) is 13.2 Å². The van der Waals surface area contributed by atoms with Gasteiger partial charge in [-0.15, -0.1) is 0 Å². The third-order valence-corrected chi connectivity index (χ3v) is 3.15. The maximum atomic E-state index is 5.25. The van der Waals surface area contributed by atoms with Gasteiger partial charge < -0.3 is 4.74 Å². The number of hydrogen-bond acceptors (Lipinski definition) is 1. The Labute approximate surface area is 62.8 Å². The smallest absolute Gasteiger partial charge is 0.0544 e. The molecule has 0 N–H and O–H groups in total. The Hall–Kier alpha value is -0.0400. The van der Waals surface area contributed by atoms with Crippen LogP contribution in [0.15, 0.2) is 0 Å². The first-order valence-corrected chi connectivity index (χ1v) is 4.39. The molecule has 0 aromatic heterocycles. The largest absolute Gasteiger partial charge is 0.380 e. The van der Waals surface area contributed by atoms with Crippen molar-refractivity contribution < 1.29 is 4.74 Å². The van der Waals surface area contributed by atoms with E-state index in [0.29, 0.717) is 5.41 Å². The first kappa shape index (κ1) is 6.66. The molecule has 1 heterocycles. The summed E-state index contributed by atoms with van der Waals surface area (Å²) in [5.74, 6) is 0.978. The lowest BCUT2D eigenvalue weighted by Gasteiger charge is -2.45. The van der Waals surface area contributed by atoms with Gasteiger partial charge in [0.15, 0.2) is 0 Å². The highest BCUT2D eigenvalue weighted by Gasteiger charge is 2.40. The van der Waals surface area contributed by atoms with Gasteiger partial charge in [0, 0.05) is 5.41 Å². The summed E-state index contributed by atoms with van der Waals surface area (Å²) in [6, 6.07) is 0. The van der Waals surface area contributed by atoms with Gasteiger partial charge in [-0.25, -0.2) is 0 Å². The Kier molecular flexibility index (Phi) is 1.48. The molecule has 10 heavy (non-hydrogen) atoms. The maximum absolute atomic E-state index is 5.25. The first-order chi connectivity index (χ1) is 4.81. The summed E-state index contributed by atoms with van der Waals surface area (Å²) >= 11 is 0. The summed E-state index contributed by atoms with van der Waals surface area (Å²) in [4.78, 5) is 0. The highest BCUT2D eigenvalue weighted by atomic mass is 16.5. The zero-order valence-corrected chi connectivity index (χ0v) is 6.73. The molecule has 1 aliphatic carbocycles. The Morgan fingerprint density at radius 2 is 1.80 bits per heavy atom. The third kappa shape index (κ3) is 0.968. The summed E-state index contributed by atoms with van der Waals surface area (Å²) in [5, 5.41) is 0. The quantitative estimate of drug-likeness (QED) is 0.501. The molecule has 2 aliphatic rings. The van der Waals surface area contributed by atoms with Crippen LogP contribution in [0.25, 0.3) is 0 Å². The molecular formula is C9H16O. The third-order valence-electron chi connectivity index (χ3n) is 3.15. The van der Waals surface area contributed by atoms with Crippen LogP contribution in [0.3, 0.4) is 0 Å². The van der Waals surface area contributed by atoms with E-state index < -0.39 is 0 Å². The minimum absolute atomic E-state index is 0.659. The highest BCUT2D eigenvalue weighted by Crippen LogP contribution is 2.43.